The SMILES string of the molecule is Nc1nc(CN2CCCSCC2)nc2sccc12. The molecule has 1 saturated heterocycles. The van der Waals surface area contributed by atoms with E-state index in [-0.39, 0.29) is 0 Å². The van der Waals surface area contributed by atoms with Crippen LogP contribution >= 0.6 is 23.1 Å². The molecule has 3 heterocycles. The molecule has 0 aromatic carbocycles. The highest BCUT2D eigenvalue weighted by molar-refractivity contribution is 7.99. The van der Waals surface area contributed by atoms with Crippen molar-refractivity contribution in [1.29, 1.82) is 0 Å². The molecule has 0 unspecified atom stereocenters. The third-order valence-electron chi connectivity index (χ3n) is 3.08. The van der Waals surface area contributed by atoms with Crippen LogP contribution in [0.25, 0.3) is 10.2 Å². The number of aromatic nitrogens is 2. The maximum absolute atomic E-state index is 5.97. The summed E-state index contributed by atoms with van der Waals surface area (Å²) in [6.07, 6.45) is 1.25. The molecule has 3 rings (SSSR count). The summed E-state index contributed by atoms with van der Waals surface area (Å²) in [4.78, 5) is 12.4. The van der Waals surface area contributed by atoms with Crippen LogP contribution in [0.5, 0.6) is 0 Å². The standard InChI is InChI=1S/C12H16N4S2/c13-11-9-2-6-18-12(9)15-10(14-11)8-16-3-1-5-17-7-4-16/h2,6H,1,3-5,7-8H2,(H2,13,14,15). The quantitative estimate of drug-likeness (QED) is 0.914. The first kappa shape index (κ1) is 12.2. The van der Waals surface area contributed by atoms with Crippen LogP contribution in [0.4, 0.5) is 5.82 Å². The van der Waals surface area contributed by atoms with Crippen LogP contribution in [0, 0.1) is 0 Å². The van der Waals surface area contributed by atoms with Gasteiger partial charge in [-0.15, -0.1) is 11.3 Å². The Balaban J connectivity index is 1.80. The van der Waals surface area contributed by atoms with Gasteiger partial charge in [0.05, 0.1) is 11.9 Å². The number of nitrogens with zero attached hydrogens (tertiary/aromatic N) is 3. The van der Waals surface area contributed by atoms with Gasteiger partial charge in [0.2, 0.25) is 0 Å². The molecule has 0 aliphatic carbocycles. The summed E-state index contributed by atoms with van der Waals surface area (Å²) >= 11 is 3.66. The molecule has 96 valence electrons. The van der Waals surface area contributed by atoms with Gasteiger partial charge in [-0.05, 0) is 30.2 Å². The van der Waals surface area contributed by atoms with Crippen molar-refractivity contribution in [3.05, 3.63) is 17.3 Å². The van der Waals surface area contributed by atoms with Gasteiger partial charge in [-0.25, -0.2) is 9.97 Å². The Morgan fingerprint density at radius 1 is 1.28 bits per heavy atom. The molecule has 2 aromatic heterocycles. The minimum Gasteiger partial charge on any atom is -0.383 e. The maximum Gasteiger partial charge on any atom is 0.146 e. The minimum atomic E-state index is 0.612. The van der Waals surface area contributed by atoms with E-state index in [0.29, 0.717) is 5.82 Å². The molecule has 2 aromatic rings. The lowest BCUT2D eigenvalue weighted by atomic mass is 10.3. The lowest BCUT2D eigenvalue weighted by Gasteiger charge is -2.18. The zero-order valence-electron chi connectivity index (χ0n) is 10.1. The highest BCUT2D eigenvalue weighted by atomic mass is 32.2. The number of nitrogen functional groups attached to an aromatic ring is 1. The Morgan fingerprint density at radius 3 is 3.17 bits per heavy atom. The number of rotatable bonds is 2. The summed E-state index contributed by atoms with van der Waals surface area (Å²) in [5.74, 6) is 3.94. The van der Waals surface area contributed by atoms with Crippen LogP contribution in [-0.4, -0.2) is 39.5 Å². The van der Waals surface area contributed by atoms with Crippen molar-refractivity contribution in [3.8, 4) is 0 Å². The van der Waals surface area contributed by atoms with Crippen molar-refractivity contribution < 1.29 is 0 Å². The van der Waals surface area contributed by atoms with Gasteiger partial charge >= 0.3 is 0 Å². The Bertz CT molecular complexity index is 532. The van der Waals surface area contributed by atoms with Gasteiger partial charge in [0.1, 0.15) is 16.5 Å². The molecule has 1 aliphatic heterocycles. The van der Waals surface area contributed by atoms with Gasteiger partial charge in [0, 0.05) is 12.3 Å². The number of thioether (sulfide) groups is 1. The molecule has 2 N–H and O–H groups in total. The zero-order valence-corrected chi connectivity index (χ0v) is 11.8. The van der Waals surface area contributed by atoms with Crippen molar-refractivity contribution in [2.75, 3.05) is 30.3 Å². The normalized spacial score (nSPS) is 18.0. The van der Waals surface area contributed by atoms with Gasteiger partial charge in [-0.3, -0.25) is 4.90 Å². The molecule has 0 radical (unpaired) electrons. The van der Waals surface area contributed by atoms with Crippen LogP contribution in [0.1, 0.15) is 12.2 Å². The number of anilines is 1. The molecular formula is C12H16N4S2. The van der Waals surface area contributed by atoms with Crippen LogP contribution in [0.3, 0.4) is 0 Å². The first-order valence-electron chi connectivity index (χ1n) is 6.12. The van der Waals surface area contributed by atoms with Gasteiger partial charge < -0.3 is 5.73 Å². The summed E-state index contributed by atoms with van der Waals surface area (Å²) in [6.45, 7) is 3.08. The Kier molecular flexibility index (Phi) is 3.67. The number of hydrogen-bond acceptors (Lipinski definition) is 6. The van der Waals surface area contributed by atoms with E-state index in [1.807, 2.05) is 23.2 Å². The van der Waals surface area contributed by atoms with E-state index in [4.69, 9.17) is 5.73 Å². The molecule has 4 nitrogen and oxygen atoms in total. The molecule has 0 saturated carbocycles. The van der Waals surface area contributed by atoms with E-state index >= 15 is 0 Å². The lowest BCUT2D eigenvalue weighted by Crippen LogP contribution is -2.26. The smallest absolute Gasteiger partial charge is 0.146 e. The number of hydrogen-bond donors (Lipinski definition) is 1. The molecule has 6 heteroatoms. The van der Waals surface area contributed by atoms with Crippen molar-refractivity contribution in [1.82, 2.24) is 14.9 Å². The summed E-state index contributed by atoms with van der Waals surface area (Å²) in [5, 5.41) is 3.00. The molecule has 18 heavy (non-hydrogen) atoms. The Labute approximate surface area is 115 Å². The third-order valence-corrected chi connectivity index (χ3v) is 4.94. The van der Waals surface area contributed by atoms with E-state index in [2.05, 4.69) is 14.9 Å². The topological polar surface area (TPSA) is 55.0 Å². The van der Waals surface area contributed by atoms with E-state index in [1.54, 1.807) is 11.3 Å². The van der Waals surface area contributed by atoms with Gasteiger partial charge in [0.25, 0.3) is 0 Å². The van der Waals surface area contributed by atoms with Gasteiger partial charge in [0.15, 0.2) is 0 Å². The van der Waals surface area contributed by atoms with Crippen LogP contribution in [0.15, 0.2) is 11.4 Å². The molecule has 0 atom stereocenters. The van der Waals surface area contributed by atoms with E-state index in [0.717, 1.165) is 35.7 Å². The van der Waals surface area contributed by atoms with Crippen LogP contribution < -0.4 is 5.73 Å². The molecule has 1 aliphatic rings. The van der Waals surface area contributed by atoms with Crippen molar-refractivity contribution in [2.45, 2.75) is 13.0 Å². The lowest BCUT2D eigenvalue weighted by molar-refractivity contribution is 0.281. The zero-order chi connectivity index (χ0) is 12.4. The summed E-state index contributed by atoms with van der Waals surface area (Å²) in [7, 11) is 0. The fourth-order valence-electron chi connectivity index (χ4n) is 2.15. The van der Waals surface area contributed by atoms with Crippen molar-refractivity contribution in [3.63, 3.8) is 0 Å². The second-order valence-corrected chi connectivity index (χ2v) is 6.53. The third kappa shape index (κ3) is 2.60. The van der Waals surface area contributed by atoms with Crippen LogP contribution in [0.2, 0.25) is 0 Å². The highest BCUT2D eigenvalue weighted by Crippen LogP contribution is 2.23. The molecule has 0 amide bonds. The largest absolute Gasteiger partial charge is 0.383 e. The van der Waals surface area contributed by atoms with Crippen LogP contribution in [-0.2, 0) is 6.54 Å². The predicted molar refractivity (Wildman–Crippen MR) is 79.0 cm³/mol. The van der Waals surface area contributed by atoms with Crippen molar-refractivity contribution in [2.24, 2.45) is 0 Å². The fraction of sp³-hybridized carbons (Fsp3) is 0.500. The van der Waals surface area contributed by atoms with E-state index < -0.39 is 0 Å². The fourth-order valence-corrected chi connectivity index (χ4v) is 3.87. The van der Waals surface area contributed by atoms with E-state index in [9.17, 15) is 0 Å². The van der Waals surface area contributed by atoms with Gasteiger partial charge in [-0.2, -0.15) is 11.8 Å². The molecule has 1 fully saturated rings. The average Bonchev–Trinajstić information content (AvgIpc) is 2.68. The van der Waals surface area contributed by atoms with E-state index in [1.165, 1.54) is 17.9 Å². The predicted octanol–water partition coefficient (Wildman–Crippen LogP) is 2.21. The highest BCUT2D eigenvalue weighted by Gasteiger charge is 2.13. The first-order chi connectivity index (χ1) is 8.83. The summed E-state index contributed by atoms with van der Waals surface area (Å²) in [5.41, 5.74) is 5.97. The number of thiophene rings is 1. The van der Waals surface area contributed by atoms with Gasteiger partial charge in [-0.1, -0.05) is 0 Å². The number of fused-ring (bicyclic) bond motifs is 1. The summed E-state index contributed by atoms with van der Waals surface area (Å²) in [6, 6.07) is 1.99. The maximum atomic E-state index is 5.97. The second kappa shape index (κ2) is 5.42. The second-order valence-electron chi connectivity index (χ2n) is 4.41. The Hall–Kier alpha value is -0.850. The molecular weight excluding hydrogens is 264 g/mol. The molecule has 0 spiro atoms. The monoisotopic (exact) mass is 280 g/mol. The first-order valence-corrected chi connectivity index (χ1v) is 8.16. The van der Waals surface area contributed by atoms with Crippen molar-refractivity contribution >= 4 is 39.1 Å². The minimum absolute atomic E-state index is 0.612. The molecule has 0 bridgehead atoms. The number of nitrogens with two attached hydrogens (primary N) is 1. The summed E-state index contributed by atoms with van der Waals surface area (Å²) < 4.78 is 0. The average molecular weight is 280 g/mol. The Morgan fingerprint density at radius 2 is 2.22 bits per heavy atom.